The van der Waals surface area contributed by atoms with E-state index in [1.165, 1.54) is 25.1 Å². The van der Waals surface area contributed by atoms with Crippen LogP contribution in [0.2, 0.25) is 0 Å². The summed E-state index contributed by atoms with van der Waals surface area (Å²) in [5, 5.41) is 3.13. The summed E-state index contributed by atoms with van der Waals surface area (Å²) in [7, 11) is 0. The van der Waals surface area contributed by atoms with Crippen LogP contribution in [0.3, 0.4) is 0 Å². The topological polar surface area (TPSA) is 61.6 Å². The number of anilines is 2. The zero-order chi connectivity index (χ0) is 18.9. The molecule has 5 heteroatoms. The van der Waals surface area contributed by atoms with Crippen LogP contribution >= 0.6 is 0 Å². The molecule has 0 aromatic heterocycles. The van der Waals surface area contributed by atoms with Crippen molar-refractivity contribution in [2.24, 2.45) is 17.6 Å². The molecular formula is C22H34N4O. The summed E-state index contributed by atoms with van der Waals surface area (Å²) >= 11 is 0. The van der Waals surface area contributed by atoms with Crippen LogP contribution in [0.4, 0.5) is 11.4 Å². The molecule has 2 unspecified atom stereocenters. The van der Waals surface area contributed by atoms with Crippen LogP contribution in [0.15, 0.2) is 24.3 Å². The average molecular weight is 371 g/mol. The number of carbonyl (C=O) groups excluding carboxylic acids is 1. The van der Waals surface area contributed by atoms with Crippen molar-refractivity contribution in [1.29, 1.82) is 0 Å². The molecule has 2 aliphatic carbocycles. The van der Waals surface area contributed by atoms with E-state index in [2.05, 4.69) is 27.2 Å². The van der Waals surface area contributed by atoms with Gasteiger partial charge in [-0.05, 0) is 56.7 Å². The molecule has 4 rings (SSSR count). The molecule has 0 spiro atoms. The molecule has 1 saturated heterocycles. The van der Waals surface area contributed by atoms with Crippen LogP contribution in [-0.4, -0.2) is 49.1 Å². The van der Waals surface area contributed by atoms with E-state index in [0.29, 0.717) is 0 Å². The molecule has 1 amide bonds. The molecule has 3 fully saturated rings. The lowest BCUT2D eigenvalue weighted by Gasteiger charge is -2.37. The van der Waals surface area contributed by atoms with Crippen molar-refractivity contribution in [3.63, 3.8) is 0 Å². The van der Waals surface area contributed by atoms with Gasteiger partial charge in [0.1, 0.15) is 0 Å². The molecule has 0 bridgehead atoms. The van der Waals surface area contributed by atoms with Gasteiger partial charge in [0, 0.05) is 49.6 Å². The molecule has 3 aliphatic rings. The maximum absolute atomic E-state index is 12.8. The highest BCUT2D eigenvalue weighted by Gasteiger charge is 2.37. The smallest absolute Gasteiger partial charge is 0.229 e. The Morgan fingerprint density at radius 3 is 2.67 bits per heavy atom. The van der Waals surface area contributed by atoms with Crippen LogP contribution in [0.1, 0.15) is 45.4 Å². The van der Waals surface area contributed by atoms with Crippen LogP contribution < -0.4 is 16.0 Å². The molecule has 1 heterocycles. The first-order valence-electron chi connectivity index (χ1n) is 10.7. The van der Waals surface area contributed by atoms with E-state index in [4.69, 9.17) is 5.73 Å². The van der Waals surface area contributed by atoms with Crippen molar-refractivity contribution < 1.29 is 4.79 Å². The molecule has 5 nitrogen and oxygen atoms in total. The fraction of sp³-hybridized carbons (Fsp3) is 0.682. The van der Waals surface area contributed by atoms with Gasteiger partial charge in [-0.3, -0.25) is 9.69 Å². The van der Waals surface area contributed by atoms with Crippen molar-refractivity contribution >= 4 is 17.3 Å². The summed E-state index contributed by atoms with van der Waals surface area (Å²) in [4.78, 5) is 17.9. The molecular weight excluding hydrogens is 336 g/mol. The van der Waals surface area contributed by atoms with E-state index < -0.39 is 5.54 Å². The molecule has 1 aromatic rings. The highest BCUT2D eigenvalue weighted by atomic mass is 16.2. The van der Waals surface area contributed by atoms with Gasteiger partial charge in [-0.1, -0.05) is 18.9 Å². The second-order valence-corrected chi connectivity index (χ2v) is 9.07. The number of hydrogen-bond acceptors (Lipinski definition) is 4. The second kappa shape index (κ2) is 7.80. The van der Waals surface area contributed by atoms with E-state index in [9.17, 15) is 4.79 Å². The Hall–Kier alpha value is -1.59. The Morgan fingerprint density at radius 2 is 1.96 bits per heavy atom. The number of carbonyl (C=O) groups is 1. The molecule has 27 heavy (non-hydrogen) atoms. The molecule has 1 aromatic carbocycles. The van der Waals surface area contributed by atoms with Gasteiger partial charge < -0.3 is 16.0 Å². The van der Waals surface area contributed by atoms with Gasteiger partial charge in [0.25, 0.3) is 0 Å². The van der Waals surface area contributed by atoms with Gasteiger partial charge in [-0.25, -0.2) is 0 Å². The number of amides is 1. The Kier molecular flexibility index (Phi) is 5.42. The first-order valence-corrected chi connectivity index (χ1v) is 10.7. The molecule has 2 saturated carbocycles. The lowest BCUT2D eigenvalue weighted by molar-refractivity contribution is -0.122. The van der Waals surface area contributed by atoms with Gasteiger partial charge in [-0.2, -0.15) is 0 Å². The van der Waals surface area contributed by atoms with Crippen molar-refractivity contribution in [2.45, 2.75) is 51.0 Å². The Morgan fingerprint density at radius 1 is 1.19 bits per heavy atom. The molecule has 1 aliphatic heterocycles. The minimum Gasteiger partial charge on any atom is -0.369 e. The van der Waals surface area contributed by atoms with Crippen LogP contribution in [0.5, 0.6) is 0 Å². The van der Waals surface area contributed by atoms with Crippen molar-refractivity contribution in [1.82, 2.24) is 4.90 Å². The van der Waals surface area contributed by atoms with E-state index in [1.54, 1.807) is 0 Å². The molecule has 3 N–H and O–H groups in total. The second-order valence-electron chi connectivity index (χ2n) is 9.07. The van der Waals surface area contributed by atoms with Crippen LogP contribution in [-0.2, 0) is 4.79 Å². The lowest BCUT2D eigenvalue weighted by atomic mass is 9.74. The minimum atomic E-state index is -0.391. The van der Waals surface area contributed by atoms with Crippen LogP contribution in [0.25, 0.3) is 0 Å². The van der Waals surface area contributed by atoms with Crippen molar-refractivity contribution in [3.8, 4) is 0 Å². The zero-order valence-electron chi connectivity index (χ0n) is 16.6. The first kappa shape index (κ1) is 18.8. The van der Waals surface area contributed by atoms with Crippen LogP contribution in [0, 0.1) is 11.8 Å². The Bertz CT molecular complexity index is 662. The highest BCUT2D eigenvalue weighted by molar-refractivity contribution is 5.94. The maximum atomic E-state index is 12.8. The summed E-state index contributed by atoms with van der Waals surface area (Å²) in [6.07, 6.45) is 6.88. The number of benzene rings is 1. The summed E-state index contributed by atoms with van der Waals surface area (Å²) in [6, 6.07) is 8.30. The van der Waals surface area contributed by atoms with E-state index in [0.717, 1.165) is 63.5 Å². The normalized spacial score (nSPS) is 29.6. The predicted octanol–water partition coefficient (Wildman–Crippen LogP) is 3.06. The zero-order valence-corrected chi connectivity index (χ0v) is 16.6. The Balaban J connectivity index is 1.35. The van der Waals surface area contributed by atoms with Gasteiger partial charge >= 0.3 is 0 Å². The highest BCUT2D eigenvalue weighted by Crippen LogP contribution is 2.33. The molecule has 0 radical (unpaired) electrons. The summed E-state index contributed by atoms with van der Waals surface area (Å²) in [6.45, 7) is 7.71. The van der Waals surface area contributed by atoms with E-state index in [1.807, 2.05) is 19.1 Å². The largest absolute Gasteiger partial charge is 0.369 e. The third kappa shape index (κ3) is 4.64. The average Bonchev–Trinajstić information content (AvgIpc) is 3.46. The number of rotatable bonds is 5. The van der Waals surface area contributed by atoms with Crippen molar-refractivity contribution in [3.05, 3.63) is 24.3 Å². The molecule has 2 atom stereocenters. The van der Waals surface area contributed by atoms with Gasteiger partial charge in [0.2, 0.25) is 5.91 Å². The predicted molar refractivity (Wildman–Crippen MR) is 111 cm³/mol. The quantitative estimate of drug-likeness (QED) is 0.836. The third-order valence-corrected chi connectivity index (χ3v) is 6.64. The SMILES string of the molecule is CC1(N)CCCCC1C(=O)Nc1cccc(N2CCN(CC3CC3)CC2)c1. The molecule has 148 valence electrons. The number of hydrogen-bond donors (Lipinski definition) is 2. The summed E-state index contributed by atoms with van der Waals surface area (Å²) in [5.41, 5.74) is 8.11. The standard InChI is InChI=1S/C22H34N4O/c1-22(23)10-3-2-7-20(22)21(27)24-18-5-4-6-19(15-18)26-13-11-25(12-14-26)16-17-8-9-17/h4-6,15,17,20H,2-3,7-14,16,23H2,1H3,(H,24,27). The fourth-order valence-corrected chi connectivity index (χ4v) is 4.65. The number of nitrogens with one attached hydrogen (secondary N) is 1. The Labute approximate surface area is 163 Å². The minimum absolute atomic E-state index is 0.0751. The maximum Gasteiger partial charge on any atom is 0.229 e. The lowest BCUT2D eigenvalue weighted by Crippen LogP contribution is -2.51. The third-order valence-electron chi connectivity index (χ3n) is 6.64. The van der Waals surface area contributed by atoms with Gasteiger partial charge in [0.05, 0.1) is 5.92 Å². The number of nitrogens with two attached hydrogens (primary N) is 1. The fourth-order valence-electron chi connectivity index (χ4n) is 4.65. The summed E-state index contributed by atoms with van der Waals surface area (Å²) < 4.78 is 0. The van der Waals surface area contributed by atoms with E-state index in [-0.39, 0.29) is 11.8 Å². The first-order chi connectivity index (χ1) is 13.0. The van der Waals surface area contributed by atoms with Crippen molar-refractivity contribution in [2.75, 3.05) is 42.9 Å². The van der Waals surface area contributed by atoms with Gasteiger partial charge in [-0.15, -0.1) is 0 Å². The summed E-state index contributed by atoms with van der Waals surface area (Å²) in [5.74, 6) is 0.940. The number of nitrogens with zero attached hydrogens (tertiary/aromatic N) is 2. The van der Waals surface area contributed by atoms with Gasteiger partial charge in [0.15, 0.2) is 0 Å². The number of piperazine rings is 1. The monoisotopic (exact) mass is 370 g/mol. The van der Waals surface area contributed by atoms with E-state index >= 15 is 0 Å².